The third-order valence-corrected chi connectivity index (χ3v) is 4.08. The molecule has 5 nitrogen and oxygen atoms in total. The summed E-state index contributed by atoms with van der Waals surface area (Å²) < 4.78 is 0. The lowest BCUT2D eigenvalue weighted by molar-refractivity contribution is 0.371. The number of anilines is 1. The van der Waals surface area contributed by atoms with Gasteiger partial charge in [-0.25, -0.2) is 4.98 Å². The molecule has 1 saturated heterocycles. The number of nitrogens with one attached hydrogen (secondary N) is 1. The van der Waals surface area contributed by atoms with Gasteiger partial charge in [-0.1, -0.05) is 6.07 Å². The summed E-state index contributed by atoms with van der Waals surface area (Å²) in [6, 6.07) is 6.10. The van der Waals surface area contributed by atoms with Gasteiger partial charge in [0.05, 0.1) is 0 Å². The molecule has 1 saturated carbocycles. The van der Waals surface area contributed by atoms with Crippen molar-refractivity contribution in [1.82, 2.24) is 15.2 Å². The lowest BCUT2D eigenvalue weighted by Crippen LogP contribution is -2.52. The summed E-state index contributed by atoms with van der Waals surface area (Å²) in [6.07, 6.45) is 4.58. The number of rotatable bonds is 4. The summed E-state index contributed by atoms with van der Waals surface area (Å²) in [5.74, 6) is 3.01. The van der Waals surface area contributed by atoms with Gasteiger partial charge in [-0.05, 0) is 37.8 Å². The third-order valence-electron chi connectivity index (χ3n) is 4.08. The van der Waals surface area contributed by atoms with E-state index in [-0.39, 0.29) is 0 Å². The summed E-state index contributed by atoms with van der Waals surface area (Å²) in [4.78, 5) is 14.0. The molecule has 0 aromatic carbocycles. The summed E-state index contributed by atoms with van der Waals surface area (Å²) in [6.45, 7) is 8.08. The van der Waals surface area contributed by atoms with Crippen LogP contribution < -0.4 is 10.2 Å². The minimum absolute atomic E-state index is 0.841. The van der Waals surface area contributed by atoms with Crippen molar-refractivity contribution in [2.45, 2.75) is 19.8 Å². The molecular formula is C16H25N5. The lowest BCUT2D eigenvalue weighted by Gasteiger charge is -2.37. The molecule has 1 aromatic rings. The van der Waals surface area contributed by atoms with Crippen LogP contribution in [0, 0.1) is 5.92 Å². The highest BCUT2D eigenvalue weighted by Crippen LogP contribution is 2.28. The normalized spacial score (nSPS) is 19.8. The van der Waals surface area contributed by atoms with Crippen molar-refractivity contribution >= 4 is 11.8 Å². The highest BCUT2D eigenvalue weighted by molar-refractivity contribution is 5.80. The number of nitrogens with zero attached hydrogens (tertiary/aromatic N) is 4. The maximum Gasteiger partial charge on any atom is 0.194 e. The Morgan fingerprint density at radius 1 is 1.29 bits per heavy atom. The van der Waals surface area contributed by atoms with Gasteiger partial charge in [0.2, 0.25) is 0 Å². The van der Waals surface area contributed by atoms with Crippen LogP contribution in [0.15, 0.2) is 29.4 Å². The second-order valence-electron chi connectivity index (χ2n) is 5.80. The third kappa shape index (κ3) is 3.86. The van der Waals surface area contributed by atoms with Gasteiger partial charge in [0.1, 0.15) is 5.82 Å². The largest absolute Gasteiger partial charge is 0.357 e. The van der Waals surface area contributed by atoms with Crippen molar-refractivity contribution in [3.05, 3.63) is 24.4 Å². The van der Waals surface area contributed by atoms with E-state index >= 15 is 0 Å². The molecule has 3 rings (SSSR count). The van der Waals surface area contributed by atoms with Crippen LogP contribution in [0.3, 0.4) is 0 Å². The summed E-state index contributed by atoms with van der Waals surface area (Å²) in [7, 11) is 0. The molecule has 1 aliphatic carbocycles. The molecule has 1 aromatic heterocycles. The lowest BCUT2D eigenvalue weighted by atomic mass is 10.3. The summed E-state index contributed by atoms with van der Waals surface area (Å²) in [5.41, 5.74) is 0. The topological polar surface area (TPSA) is 43.8 Å². The van der Waals surface area contributed by atoms with Crippen molar-refractivity contribution < 1.29 is 0 Å². The fourth-order valence-corrected chi connectivity index (χ4v) is 2.63. The molecule has 0 radical (unpaired) electrons. The molecule has 2 heterocycles. The Kier molecular flexibility index (Phi) is 4.58. The smallest absolute Gasteiger partial charge is 0.194 e. The molecule has 1 aliphatic heterocycles. The first-order valence-corrected chi connectivity index (χ1v) is 8.06. The number of hydrogen-bond donors (Lipinski definition) is 1. The Bertz CT molecular complexity index is 461. The molecule has 5 heteroatoms. The highest BCUT2D eigenvalue weighted by atomic mass is 15.4. The number of aliphatic imine (C=N–C) groups is 1. The maximum absolute atomic E-state index is 4.79. The van der Waals surface area contributed by atoms with Crippen molar-refractivity contribution in [3.63, 3.8) is 0 Å². The first kappa shape index (κ1) is 14.2. The molecule has 1 N–H and O–H groups in total. The Hall–Kier alpha value is -1.78. The minimum Gasteiger partial charge on any atom is -0.357 e. The van der Waals surface area contributed by atoms with Crippen LogP contribution in [-0.2, 0) is 0 Å². The molecule has 0 amide bonds. The second kappa shape index (κ2) is 6.78. The number of pyridine rings is 1. The molecule has 0 unspecified atom stereocenters. The molecule has 2 aliphatic rings. The Morgan fingerprint density at radius 2 is 2.10 bits per heavy atom. The standard InChI is InChI=1S/C16H25N5/c1-2-17-16(19-13-14-6-7-14)21-11-9-20(10-12-21)15-5-3-4-8-18-15/h3-5,8,14H,2,6-7,9-13H2,1H3,(H,17,19). The Balaban J connectivity index is 1.56. The van der Waals surface area contributed by atoms with Crippen molar-refractivity contribution in [2.24, 2.45) is 10.9 Å². The molecular weight excluding hydrogens is 262 g/mol. The zero-order valence-corrected chi connectivity index (χ0v) is 12.8. The highest BCUT2D eigenvalue weighted by Gasteiger charge is 2.23. The fraction of sp³-hybridized carbons (Fsp3) is 0.625. The van der Waals surface area contributed by atoms with E-state index < -0.39 is 0 Å². The molecule has 21 heavy (non-hydrogen) atoms. The van der Waals surface area contributed by atoms with E-state index in [0.717, 1.165) is 57.0 Å². The van der Waals surface area contributed by atoms with Gasteiger partial charge in [-0.15, -0.1) is 0 Å². The minimum atomic E-state index is 0.841. The Morgan fingerprint density at radius 3 is 2.71 bits per heavy atom. The average molecular weight is 287 g/mol. The monoisotopic (exact) mass is 287 g/mol. The second-order valence-corrected chi connectivity index (χ2v) is 5.80. The van der Waals surface area contributed by atoms with Gasteiger partial charge in [-0.2, -0.15) is 0 Å². The zero-order chi connectivity index (χ0) is 14.5. The van der Waals surface area contributed by atoms with E-state index in [4.69, 9.17) is 4.99 Å². The number of guanidine groups is 1. The molecule has 2 fully saturated rings. The summed E-state index contributed by atoms with van der Waals surface area (Å²) in [5, 5.41) is 3.43. The van der Waals surface area contributed by atoms with E-state index in [9.17, 15) is 0 Å². The van der Waals surface area contributed by atoms with Crippen LogP contribution in [0.4, 0.5) is 5.82 Å². The van der Waals surface area contributed by atoms with Gasteiger partial charge >= 0.3 is 0 Å². The van der Waals surface area contributed by atoms with Crippen molar-refractivity contribution in [3.8, 4) is 0 Å². The predicted molar refractivity (Wildman–Crippen MR) is 86.7 cm³/mol. The predicted octanol–water partition coefficient (Wildman–Crippen LogP) is 1.58. The van der Waals surface area contributed by atoms with Crippen molar-refractivity contribution in [1.29, 1.82) is 0 Å². The molecule has 0 spiro atoms. The van der Waals surface area contributed by atoms with Gasteiger partial charge in [-0.3, -0.25) is 4.99 Å². The molecule has 114 valence electrons. The van der Waals surface area contributed by atoms with Crippen LogP contribution in [0.2, 0.25) is 0 Å². The van der Waals surface area contributed by atoms with Crippen LogP contribution in [0.5, 0.6) is 0 Å². The van der Waals surface area contributed by atoms with E-state index in [1.165, 1.54) is 12.8 Å². The summed E-state index contributed by atoms with van der Waals surface area (Å²) >= 11 is 0. The van der Waals surface area contributed by atoms with Crippen LogP contribution in [-0.4, -0.2) is 55.1 Å². The SMILES string of the molecule is CCNC(=NCC1CC1)N1CCN(c2ccccn2)CC1. The van der Waals surface area contributed by atoms with E-state index in [1.807, 2.05) is 12.3 Å². The number of hydrogen-bond acceptors (Lipinski definition) is 3. The first-order chi connectivity index (χ1) is 10.4. The number of aromatic nitrogens is 1. The van der Waals surface area contributed by atoms with Gasteiger partial charge in [0.25, 0.3) is 0 Å². The van der Waals surface area contributed by atoms with Gasteiger partial charge in [0, 0.05) is 45.5 Å². The van der Waals surface area contributed by atoms with E-state index in [2.05, 4.69) is 39.2 Å². The van der Waals surface area contributed by atoms with E-state index in [0.29, 0.717) is 0 Å². The van der Waals surface area contributed by atoms with Gasteiger partial charge < -0.3 is 15.1 Å². The van der Waals surface area contributed by atoms with Crippen LogP contribution in [0.25, 0.3) is 0 Å². The van der Waals surface area contributed by atoms with Gasteiger partial charge in [0.15, 0.2) is 5.96 Å². The number of piperazine rings is 1. The molecule has 0 atom stereocenters. The average Bonchev–Trinajstić information content (AvgIpc) is 3.37. The van der Waals surface area contributed by atoms with Crippen molar-refractivity contribution in [2.75, 3.05) is 44.2 Å². The fourth-order valence-electron chi connectivity index (χ4n) is 2.63. The van der Waals surface area contributed by atoms with Crippen LogP contribution >= 0.6 is 0 Å². The molecule has 0 bridgehead atoms. The Labute approximate surface area is 127 Å². The van der Waals surface area contributed by atoms with Crippen LogP contribution in [0.1, 0.15) is 19.8 Å². The zero-order valence-electron chi connectivity index (χ0n) is 12.8. The van der Waals surface area contributed by atoms with E-state index in [1.54, 1.807) is 0 Å². The first-order valence-electron chi connectivity index (χ1n) is 8.06. The quantitative estimate of drug-likeness (QED) is 0.674. The maximum atomic E-state index is 4.79.